The average molecular weight is 422 g/mol. The molecule has 156 valence electrons. The van der Waals surface area contributed by atoms with E-state index in [2.05, 4.69) is 56.1 Å². The van der Waals surface area contributed by atoms with E-state index in [1.165, 1.54) is 43.4 Å². The van der Waals surface area contributed by atoms with Crippen LogP contribution in [0.2, 0.25) is 0 Å². The van der Waals surface area contributed by atoms with Gasteiger partial charge in [0, 0.05) is 29.2 Å². The minimum Gasteiger partial charge on any atom is -0.352 e. The fourth-order valence-corrected chi connectivity index (χ4v) is 5.57. The molecule has 5 rings (SSSR count). The van der Waals surface area contributed by atoms with Gasteiger partial charge < -0.3 is 10.2 Å². The molecule has 3 aromatic heterocycles. The van der Waals surface area contributed by atoms with Gasteiger partial charge in [0.2, 0.25) is 0 Å². The number of nitrogens with zero attached hydrogens (tertiary/aromatic N) is 6. The maximum Gasteiger partial charge on any atom is 0.170 e. The highest BCUT2D eigenvalue weighted by Crippen LogP contribution is 2.44. The lowest BCUT2D eigenvalue weighted by molar-refractivity contribution is 0.196. The van der Waals surface area contributed by atoms with Crippen molar-refractivity contribution >= 4 is 17.3 Å². The summed E-state index contributed by atoms with van der Waals surface area (Å²) in [6.07, 6.45) is 11.6. The predicted molar refractivity (Wildman–Crippen MR) is 119 cm³/mol. The van der Waals surface area contributed by atoms with Crippen LogP contribution in [0.1, 0.15) is 66.8 Å². The van der Waals surface area contributed by atoms with Crippen molar-refractivity contribution in [2.75, 3.05) is 0 Å². The Bertz CT molecular complexity index is 1020. The number of hydrogen-bond acceptors (Lipinski definition) is 4. The zero-order chi connectivity index (χ0) is 20.7. The fraction of sp³-hybridized carbons (Fsp3) is 0.455. The Morgan fingerprint density at radius 3 is 2.53 bits per heavy atom. The van der Waals surface area contributed by atoms with Gasteiger partial charge in [-0.25, -0.2) is 4.68 Å². The van der Waals surface area contributed by atoms with Crippen molar-refractivity contribution in [3.8, 4) is 0 Å². The van der Waals surface area contributed by atoms with Gasteiger partial charge in [-0.1, -0.05) is 25.3 Å². The maximum absolute atomic E-state index is 5.89. The largest absolute Gasteiger partial charge is 0.352 e. The van der Waals surface area contributed by atoms with Crippen molar-refractivity contribution in [3.63, 3.8) is 0 Å². The highest BCUT2D eigenvalue weighted by Gasteiger charge is 2.44. The van der Waals surface area contributed by atoms with Gasteiger partial charge >= 0.3 is 0 Å². The topological polar surface area (TPSA) is 63.8 Å². The zero-order valence-corrected chi connectivity index (χ0v) is 18.2. The molecule has 1 aliphatic carbocycles. The summed E-state index contributed by atoms with van der Waals surface area (Å²) in [6.45, 7) is 4.29. The lowest BCUT2D eigenvalue weighted by Crippen LogP contribution is -2.40. The van der Waals surface area contributed by atoms with E-state index in [-0.39, 0.29) is 12.1 Å². The maximum atomic E-state index is 5.89. The third-order valence-electron chi connectivity index (χ3n) is 6.49. The lowest BCUT2D eigenvalue weighted by atomic mass is 9.90. The molecule has 8 heteroatoms. The Balaban J connectivity index is 1.62. The third-order valence-corrected chi connectivity index (χ3v) is 6.82. The van der Waals surface area contributed by atoms with E-state index in [0.29, 0.717) is 6.04 Å². The summed E-state index contributed by atoms with van der Waals surface area (Å²) in [5, 5.41) is 12.4. The predicted octanol–water partition coefficient (Wildman–Crippen LogP) is 3.71. The van der Waals surface area contributed by atoms with Crippen LogP contribution in [-0.4, -0.2) is 40.6 Å². The Kier molecular flexibility index (Phi) is 5.02. The van der Waals surface area contributed by atoms with Crippen molar-refractivity contribution in [1.82, 2.24) is 34.8 Å². The summed E-state index contributed by atoms with van der Waals surface area (Å²) < 4.78 is 4.08. The number of pyridine rings is 1. The van der Waals surface area contributed by atoms with Crippen LogP contribution in [0.25, 0.3) is 0 Å². The molecule has 30 heavy (non-hydrogen) atoms. The molecule has 2 atom stereocenters. The van der Waals surface area contributed by atoms with Gasteiger partial charge in [0.25, 0.3) is 0 Å². The molecule has 2 aliphatic rings. The van der Waals surface area contributed by atoms with Gasteiger partial charge in [-0.15, -0.1) is 10.2 Å². The van der Waals surface area contributed by atoms with Crippen LogP contribution in [-0.2, 0) is 0 Å². The van der Waals surface area contributed by atoms with E-state index < -0.39 is 0 Å². The summed E-state index contributed by atoms with van der Waals surface area (Å²) in [4.78, 5) is 7.14. The van der Waals surface area contributed by atoms with E-state index in [4.69, 9.17) is 12.2 Å². The minimum atomic E-state index is 0.0236. The first-order valence-electron chi connectivity index (χ1n) is 10.7. The molecule has 0 bridgehead atoms. The Morgan fingerprint density at radius 1 is 1.07 bits per heavy atom. The molecule has 0 spiro atoms. The number of aromatic nitrogens is 5. The first kappa shape index (κ1) is 19.2. The molecule has 0 unspecified atom stereocenters. The van der Waals surface area contributed by atoms with Crippen LogP contribution < -0.4 is 5.32 Å². The molecule has 0 amide bonds. The number of aryl methyl sites for hydroxylation is 1. The summed E-state index contributed by atoms with van der Waals surface area (Å²) in [5.41, 5.74) is 4.61. The van der Waals surface area contributed by atoms with Gasteiger partial charge in [-0.2, -0.15) is 0 Å². The second-order valence-corrected chi connectivity index (χ2v) is 8.69. The zero-order valence-electron chi connectivity index (χ0n) is 17.4. The molecule has 1 aliphatic heterocycles. The van der Waals surface area contributed by atoms with Crippen molar-refractivity contribution < 1.29 is 0 Å². The summed E-state index contributed by atoms with van der Waals surface area (Å²) >= 11 is 5.89. The van der Waals surface area contributed by atoms with Gasteiger partial charge in [0.15, 0.2) is 5.11 Å². The van der Waals surface area contributed by atoms with Gasteiger partial charge in [0.05, 0.1) is 17.8 Å². The van der Waals surface area contributed by atoms with Gasteiger partial charge in [-0.05, 0) is 57.1 Å². The van der Waals surface area contributed by atoms with E-state index in [1.54, 1.807) is 12.7 Å². The first-order chi connectivity index (χ1) is 14.6. The molecule has 2 fully saturated rings. The van der Waals surface area contributed by atoms with Gasteiger partial charge in [-0.3, -0.25) is 9.66 Å². The van der Waals surface area contributed by atoms with Crippen molar-refractivity contribution in [3.05, 3.63) is 65.8 Å². The van der Waals surface area contributed by atoms with Crippen LogP contribution in [0.15, 0.2) is 43.1 Å². The van der Waals surface area contributed by atoms with Crippen molar-refractivity contribution in [2.45, 2.75) is 64.1 Å². The summed E-state index contributed by atoms with van der Waals surface area (Å²) in [7, 11) is 0. The van der Waals surface area contributed by atoms with E-state index >= 15 is 0 Å². The quantitative estimate of drug-likeness (QED) is 0.648. The molecular formula is C22H27N7S. The van der Waals surface area contributed by atoms with E-state index in [9.17, 15) is 0 Å². The Labute approximate surface area is 182 Å². The Morgan fingerprint density at radius 2 is 1.83 bits per heavy atom. The van der Waals surface area contributed by atoms with Crippen LogP contribution in [0.5, 0.6) is 0 Å². The number of hydrogen-bond donors (Lipinski definition) is 1. The van der Waals surface area contributed by atoms with Crippen molar-refractivity contribution in [1.29, 1.82) is 0 Å². The number of thiocarbonyl (C=S) groups is 1. The van der Waals surface area contributed by atoms with E-state index in [1.807, 2.05) is 23.0 Å². The molecule has 4 heterocycles. The monoisotopic (exact) mass is 421 g/mol. The van der Waals surface area contributed by atoms with Crippen molar-refractivity contribution in [2.24, 2.45) is 0 Å². The molecule has 7 nitrogen and oxygen atoms in total. The highest BCUT2D eigenvalue weighted by molar-refractivity contribution is 7.80. The standard InChI is InChI=1S/C22H27N7S/c1-15-12-18(16(2)29(15)27-13-24-25-14-27)21-20(19-10-6-7-11-23-19)26-22(30)28(21)17-8-4-3-5-9-17/h6-7,10-14,17,20-21H,3-5,8-9H2,1-2H3,(H,26,30)/t20-,21+/m1/s1. The third kappa shape index (κ3) is 3.19. The highest BCUT2D eigenvalue weighted by atomic mass is 32.1. The average Bonchev–Trinajstić information content (AvgIpc) is 3.47. The van der Waals surface area contributed by atoms with Crippen LogP contribution in [0.3, 0.4) is 0 Å². The number of nitrogens with one attached hydrogen (secondary N) is 1. The molecule has 3 aromatic rings. The molecule has 1 saturated carbocycles. The lowest BCUT2D eigenvalue weighted by Gasteiger charge is -2.37. The minimum absolute atomic E-state index is 0.0236. The molecule has 1 saturated heterocycles. The molecule has 1 N–H and O–H groups in total. The molecule has 0 radical (unpaired) electrons. The van der Waals surface area contributed by atoms with E-state index in [0.717, 1.165) is 16.5 Å². The smallest absolute Gasteiger partial charge is 0.170 e. The SMILES string of the molecule is Cc1cc([C@H]2[C@@H](c3ccccn3)NC(=S)N2C2CCCCC2)c(C)n1-n1cnnc1. The first-order valence-corrected chi connectivity index (χ1v) is 11.1. The molecule has 0 aromatic carbocycles. The molecular weight excluding hydrogens is 394 g/mol. The Hall–Kier alpha value is -2.74. The van der Waals surface area contributed by atoms with Crippen LogP contribution in [0.4, 0.5) is 0 Å². The fourth-order valence-electron chi connectivity index (χ4n) is 5.18. The second-order valence-electron chi connectivity index (χ2n) is 8.31. The van der Waals surface area contributed by atoms with Crippen LogP contribution >= 0.6 is 12.2 Å². The summed E-state index contributed by atoms with van der Waals surface area (Å²) in [5.74, 6) is 0. The second kappa shape index (κ2) is 7.83. The number of rotatable bonds is 4. The normalized spacial score (nSPS) is 22.5. The van der Waals surface area contributed by atoms with Gasteiger partial charge in [0.1, 0.15) is 12.7 Å². The van der Waals surface area contributed by atoms with Crippen LogP contribution in [0, 0.1) is 13.8 Å². The summed E-state index contributed by atoms with van der Waals surface area (Å²) in [6, 6.07) is 8.98.